The lowest BCUT2D eigenvalue weighted by molar-refractivity contribution is -0.116. The molecule has 5 aromatic rings. The maximum atomic E-state index is 13.5. The van der Waals surface area contributed by atoms with Crippen LogP contribution in [0.15, 0.2) is 132 Å². The van der Waals surface area contributed by atoms with Crippen molar-refractivity contribution in [1.82, 2.24) is 5.32 Å². The van der Waals surface area contributed by atoms with E-state index in [0.29, 0.717) is 17.0 Å². The van der Waals surface area contributed by atoms with Crippen LogP contribution in [0.4, 0.5) is 11.4 Å². The van der Waals surface area contributed by atoms with Gasteiger partial charge in [-0.15, -0.1) is 11.8 Å². The Morgan fingerprint density at radius 2 is 1.50 bits per heavy atom. The SMILES string of the molecule is O=C(Nc1ccc(SCC(=O)N2CCCc3ccccc32)cc1)/C(=C/c1cccc2ccccc12)NC(=O)c1ccccc1. The van der Waals surface area contributed by atoms with Crippen LogP contribution in [0.25, 0.3) is 16.8 Å². The summed E-state index contributed by atoms with van der Waals surface area (Å²) in [5, 5.41) is 7.73. The van der Waals surface area contributed by atoms with Crippen molar-refractivity contribution in [2.75, 3.05) is 22.5 Å². The molecule has 0 atom stereocenters. The molecule has 1 aliphatic rings. The zero-order valence-corrected chi connectivity index (χ0v) is 24.8. The summed E-state index contributed by atoms with van der Waals surface area (Å²) in [5.41, 5.74) is 4.19. The fourth-order valence-corrected chi connectivity index (χ4v) is 6.10. The lowest BCUT2D eigenvalue weighted by Gasteiger charge is -2.29. The van der Waals surface area contributed by atoms with E-state index in [4.69, 9.17) is 0 Å². The van der Waals surface area contributed by atoms with E-state index < -0.39 is 5.91 Å². The second kappa shape index (κ2) is 13.4. The molecule has 0 aliphatic carbocycles. The predicted molar refractivity (Wildman–Crippen MR) is 179 cm³/mol. The zero-order chi connectivity index (χ0) is 30.3. The Hall–Kier alpha value is -5.14. The number of para-hydroxylation sites is 1. The van der Waals surface area contributed by atoms with E-state index in [2.05, 4.69) is 16.7 Å². The van der Waals surface area contributed by atoms with E-state index in [1.807, 2.05) is 83.8 Å². The highest BCUT2D eigenvalue weighted by Gasteiger charge is 2.22. The number of carbonyl (C=O) groups is 3. The number of rotatable bonds is 8. The van der Waals surface area contributed by atoms with Crippen LogP contribution in [-0.4, -0.2) is 30.0 Å². The Morgan fingerprint density at radius 1 is 0.773 bits per heavy atom. The number of carbonyl (C=O) groups excluding carboxylic acids is 3. The van der Waals surface area contributed by atoms with Gasteiger partial charge >= 0.3 is 0 Å². The average Bonchev–Trinajstić information content (AvgIpc) is 3.07. The van der Waals surface area contributed by atoms with Gasteiger partial charge in [0.15, 0.2) is 0 Å². The predicted octanol–water partition coefficient (Wildman–Crippen LogP) is 7.32. The van der Waals surface area contributed by atoms with Crippen molar-refractivity contribution in [2.24, 2.45) is 0 Å². The van der Waals surface area contributed by atoms with Gasteiger partial charge in [0.05, 0.1) is 5.75 Å². The number of hydrogen-bond donors (Lipinski definition) is 2. The summed E-state index contributed by atoms with van der Waals surface area (Å²) in [6.07, 6.45) is 3.66. The Balaban J connectivity index is 1.16. The molecule has 0 fully saturated rings. The third-order valence-electron chi connectivity index (χ3n) is 7.54. The number of amides is 3. The molecule has 2 N–H and O–H groups in total. The molecule has 3 amide bonds. The molecule has 44 heavy (non-hydrogen) atoms. The number of aryl methyl sites for hydroxylation is 1. The second-order valence-corrected chi connectivity index (χ2v) is 11.5. The van der Waals surface area contributed by atoms with Gasteiger partial charge in [0.25, 0.3) is 11.8 Å². The molecule has 5 aromatic carbocycles. The largest absolute Gasteiger partial charge is 0.321 e. The van der Waals surface area contributed by atoms with E-state index in [1.165, 1.54) is 17.3 Å². The standard InChI is InChI=1S/C37H31N3O3S/c41-35(40-23-9-16-27-11-5-7-18-34(27)40)25-44-31-21-19-30(20-22-31)38-37(43)33(39-36(42)28-12-2-1-3-13-28)24-29-15-8-14-26-10-4-6-17-32(26)29/h1-8,10-15,17-22,24H,9,16,23,25H2,(H,38,43)(H,39,42)/b33-24-. The molecule has 0 saturated carbocycles. The summed E-state index contributed by atoms with van der Waals surface area (Å²) >= 11 is 1.47. The van der Waals surface area contributed by atoms with Gasteiger partial charge in [-0.05, 0) is 83.3 Å². The minimum Gasteiger partial charge on any atom is -0.321 e. The summed E-state index contributed by atoms with van der Waals surface area (Å²) in [6.45, 7) is 0.733. The van der Waals surface area contributed by atoms with Gasteiger partial charge in [-0.1, -0.05) is 78.9 Å². The highest BCUT2D eigenvalue weighted by Crippen LogP contribution is 2.29. The van der Waals surface area contributed by atoms with Gasteiger partial charge in [0.1, 0.15) is 5.70 Å². The van der Waals surface area contributed by atoms with Crippen molar-refractivity contribution in [3.8, 4) is 0 Å². The fourth-order valence-electron chi connectivity index (χ4n) is 5.32. The molecule has 0 aromatic heterocycles. The minimum absolute atomic E-state index is 0.0805. The zero-order valence-electron chi connectivity index (χ0n) is 24.0. The van der Waals surface area contributed by atoms with Crippen LogP contribution < -0.4 is 15.5 Å². The molecule has 1 heterocycles. The molecule has 6 nitrogen and oxygen atoms in total. The number of nitrogens with zero attached hydrogens (tertiary/aromatic N) is 1. The van der Waals surface area contributed by atoms with E-state index in [1.54, 1.807) is 42.5 Å². The molecule has 0 saturated heterocycles. The molecular weight excluding hydrogens is 566 g/mol. The first-order valence-electron chi connectivity index (χ1n) is 14.5. The summed E-state index contributed by atoms with van der Waals surface area (Å²) in [4.78, 5) is 42.5. The van der Waals surface area contributed by atoms with E-state index in [-0.39, 0.29) is 17.5 Å². The maximum absolute atomic E-state index is 13.5. The Labute approximate surface area is 260 Å². The lowest BCUT2D eigenvalue weighted by Crippen LogP contribution is -2.36. The first-order chi connectivity index (χ1) is 21.5. The van der Waals surface area contributed by atoms with Crippen LogP contribution in [0.1, 0.15) is 27.9 Å². The quantitative estimate of drug-likeness (QED) is 0.145. The molecule has 1 aliphatic heterocycles. The number of benzene rings is 5. The van der Waals surface area contributed by atoms with Crippen molar-refractivity contribution in [3.05, 3.63) is 144 Å². The van der Waals surface area contributed by atoms with Crippen LogP contribution in [0.2, 0.25) is 0 Å². The van der Waals surface area contributed by atoms with Crippen molar-refractivity contribution in [2.45, 2.75) is 17.7 Å². The number of anilines is 2. The summed E-state index contributed by atoms with van der Waals surface area (Å²) in [7, 11) is 0. The highest BCUT2D eigenvalue weighted by molar-refractivity contribution is 8.00. The van der Waals surface area contributed by atoms with Gasteiger partial charge in [0.2, 0.25) is 5.91 Å². The van der Waals surface area contributed by atoms with Crippen molar-refractivity contribution >= 4 is 57.7 Å². The van der Waals surface area contributed by atoms with Gasteiger partial charge in [-0.2, -0.15) is 0 Å². The van der Waals surface area contributed by atoms with E-state index in [9.17, 15) is 14.4 Å². The maximum Gasteiger partial charge on any atom is 0.272 e. The van der Waals surface area contributed by atoms with Gasteiger partial charge in [-0.25, -0.2) is 0 Å². The number of hydrogen-bond acceptors (Lipinski definition) is 4. The first kappa shape index (κ1) is 29.0. The van der Waals surface area contributed by atoms with Crippen LogP contribution in [0, 0.1) is 0 Å². The van der Waals surface area contributed by atoms with Crippen LogP contribution in [0.5, 0.6) is 0 Å². The van der Waals surface area contributed by atoms with Gasteiger partial charge in [0, 0.05) is 28.4 Å². The third-order valence-corrected chi connectivity index (χ3v) is 8.53. The lowest BCUT2D eigenvalue weighted by atomic mass is 10.0. The van der Waals surface area contributed by atoms with Crippen molar-refractivity contribution in [3.63, 3.8) is 0 Å². The molecular formula is C37H31N3O3S. The molecule has 0 radical (unpaired) electrons. The molecule has 0 unspecified atom stereocenters. The van der Waals surface area contributed by atoms with Crippen molar-refractivity contribution in [1.29, 1.82) is 0 Å². The minimum atomic E-state index is -0.443. The Bertz CT molecular complexity index is 1850. The van der Waals surface area contributed by atoms with Crippen molar-refractivity contribution < 1.29 is 14.4 Å². The van der Waals surface area contributed by atoms with Crippen LogP contribution >= 0.6 is 11.8 Å². The number of nitrogens with one attached hydrogen (secondary N) is 2. The van der Waals surface area contributed by atoms with Gasteiger partial charge in [-0.3, -0.25) is 14.4 Å². The first-order valence-corrected chi connectivity index (χ1v) is 15.5. The highest BCUT2D eigenvalue weighted by atomic mass is 32.2. The molecule has 6 rings (SSSR count). The number of thioether (sulfide) groups is 1. The average molecular weight is 598 g/mol. The normalized spacial score (nSPS) is 12.8. The van der Waals surface area contributed by atoms with Crippen LogP contribution in [-0.2, 0) is 16.0 Å². The smallest absolute Gasteiger partial charge is 0.272 e. The molecule has 7 heteroatoms. The summed E-state index contributed by atoms with van der Waals surface area (Å²) in [6, 6.07) is 38.0. The molecule has 218 valence electrons. The number of fused-ring (bicyclic) bond motifs is 2. The Morgan fingerprint density at radius 3 is 2.34 bits per heavy atom. The van der Waals surface area contributed by atoms with E-state index in [0.717, 1.165) is 46.3 Å². The Kier molecular flexibility index (Phi) is 8.85. The summed E-state index contributed by atoms with van der Waals surface area (Å²) < 4.78 is 0. The van der Waals surface area contributed by atoms with Gasteiger partial charge < -0.3 is 15.5 Å². The van der Waals surface area contributed by atoms with E-state index >= 15 is 0 Å². The second-order valence-electron chi connectivity index (χ2n) is 10.5. The topological polar surface area (TPSA) is 78.5 Å². The fraction of sp³-hybridized carbons (Fsp3) is 0.108. The molecule has 0 spiro atoms. The van der Waals surface area contributed by atoms with Crippen LogP contribution in [0.3, 0.4) is 0 Å². The molecule has 0 bridgehead atoms. The monoisotopic (exact) mass is 597 g/mol. The summed E-state index contributed by atoms with van der Waals surface area (Å²) in [5.74, 6) is -0.415. The third kappa shape index (κ3) is 6.74.